The van der Waals surface area contributed by atoms with Crippen LogP contribution in [-0.2, 0) is 6.54 Å². The monoisotopic (exact) mass is 219 g/mol. The van der Waals surface area contributed by atoms with Gasteiger partial charge in [0.2, 0.25) is 0 Å². The van der Waals surface area contributed by atoms with Gasteiger partial charge in [-0.25, -0.2) is 9.97 Å². The summed E-state index contributed by atoms with van der Waals surface area (Å²) in [6, 6.07) is 1.99. The van der Waals surface area contributed by atoms with Gasteiger partial charge >= 0.3 is 0 Å². The summed E-state index contributed by atoms with van der Waals surface area (Å²) in [7, 11) is 0. The van der Waals surface area contributed by atoms with Gasteiger partial charge in [0.15, 0.2) is 0 Å². The standard InChI is InChI=1S/C13H21N3/c1-3-5-13(6-7-13)10-14-9-12-4-8-15-11(2)16-12/h4,8,14H,3,5-7,9-10H2,1-2H3. The van der Waals surface area contributed by atoms with Gasteiger partial charge in [-0.2, -0.15) is 0 Å². The minimum Gasteiger partial charge on any atom is -0.311 e. The first-order chi connectivity index (χ1) is 7.74. The zero-order valence-electron chi connectivity index (χ0n) is 10.3. The van der Waals surface area contributed by atoms with E-state index in [1.807, 2.05) is 19.2 Å². The molecule has 88 valence electrons. The van der Waals surface area contributed by atoms with E-state index in [1.165, 1.54) is 25.7 Å². The van der Waals surface area contributed by atoms with E-state index in [2.05, 4.69) is 22.2 Å². The van der Waals surface area contributed by atoms with Crippen molar-refractivity contribution in [3.63, 3.8) is 0 Å². The second-order valence-corrected chi connectivity index (χ2v) is 4.95. The van der Waals surface area contributed by atoms with Crippen LogP contribution in [0, 0.1) is 12.3 Å². The maximum atomic E-state index is 4.39. The first-order valence-corrected chi connectivity index (χ1v) is 6.23. The van der Waals surface area contributed by atoms with Crippen molar-refractivity contribution in [2.45, 2.75) is 46.1 Å². The van der Waals surface area contributed by atoms with Crippen LogP contribution in [0.4, 0.5) is 0 Å². The molecular weight excluding hydrogens is 198 g/mol. The number of aromatic nitrogens is 2. The van der Waals surface area contributed by atoms with Crippen molar-refractivity contribution in [2.24, 2.45) is 5.41 Å². The molecule has 2 rings (SSSR count). The average Bonchev–Trinajstić information content (AvgIpc) is 2.99. The zero-order chi connectivity index (χ0) is 11.4. The summed E-state index contributed by atoms with van der Waals surface area (Å²) in [6.45, 7) is 6.22. The second-order valence-electron chi connectivity index (χ2n) is 4.95. The van der Waals surface area contributed by atoms with Gasteiger partial charge in [-0.1, -0.05) is 13.3 Å². The highest BCUT2D eigenvalue weighted by atomic mass is 14.9. The Balaban J connectivity index is 1.76. The molecule has 3 nitrogen and oxygen atoms in total. The maximum Gasteiger partial charge on any atom is 0.125 e. The van der Waals surface area contributed by atoms with Gasteiger partial charge in [-0.15, -0.1) is 0 Å². The largest absolute Gasteiger partial charge is 0.311 e. The predicted molar refractivity (Wildman–Crippen MR) is 65.1 cm³/mol. The lowest BCUT2D eigenvalue weighted by atomic mass is 10.0. The number of rotatable bonds is 6. The van der Waals surface area contributed by atoms with Crippen molar-refractivity contribution in [2.75, 3.05) is 6.54 Å². The topological polar surface area (TPSA) is 37.8 Å². The smallest absolute Gasteiger partial charge is 0.125 e. The minimum atomic E-state index is 0.622. The van der Waals surface area contributed by atoms with Crippen molar-refractivity contribution in [1.29, 1.82) is 0 Å². The van der Waals surface area contributed by atoms with E-state index < -0.39 is 0 Å². The van der Waals surface area contributed by atoms with Gasteiger partial charge in [0.05, 0.1) is 5.69 Å². The Labute approximate surface area is 97.7 Å². The molecule has 0 atom stereocenters. The Kier molecular flexibility index (Phi) is 3.54. The highest BCUT2D eigenvalue weighted by Gasteiger charge is 2.40. The summed E-state index contributed by atoms with van der Waals surface area (Å²) in [6.07, 6.45) is 7.29. The molecule has 1 aliphatic rings. The molecule has 3 heteroatoms. The normalized spacial score (nSPS) is 17.4. The van der Waals surface area contributed by atoms with E-state index in [0.29, 0.717) is 5.41 Å². The van der Waals surface area contributed by atoms with Crippen LogP contribution in [0.3, 0.4) is 0 Å². The molecule has 0 radical (unpaired) electrons. The van der Waals surface area contributed by atoms with E-state index >= 15 is 0 Å². The van der Waals surface area contributed by atoms with E-state index in [4.69, 9.17) is 0 Å². The molecule has 1 saturated carbocycles. The van der Waals surface area contributed by atoms with Crippen molar-refractivity contribution < 1.29 is 0 Å². The van der Waals surface area contributed by atoms with E-state index in [-0.39, 0.29) is 0 Å². The predicted octanol–water partition coefficient (Wildman–Crippen LogP) is 2.45. The van der Waals surface area contributed by atoms with Crippen LogP contribution in [0.1, 0.15) is 44.1 Å². The van der Waals surface area contributed by atoms with Gasteiger partial charge in [0.25, 0.3) is 0 Å². The fourth-order valence-corrected chi connectivity index (χ4v) is 2.28. The van der Waals surface area contributed by atoms with Crippen LogP contribution in [0.2, 0.25) is 0 Å². The summed E-state index contributed by atoms with van der Waals surface area (Å²) < 4.78 is 0. The van der Waals surface area contributed by atoms with Gasteiger partial charge < -0.3 is 5.32 Å². The summed E-state index contributed by atoms with van der Waals surface area (Å²) in [5.41, 5.74) is 1.72. The summed E-state index contributed by atoms with van der Waals surface area (Å²) >= 11 is 0. The molecule has 1 fully saturated rings. The summed E-state index contributed by atoms with van der Waals surface area (Å²) in [5, 5.41) is 3.53. The van der Waals surface area contributed by atoms with Crippen molar-refractivity contribution >= 4 is 0 Å². The van der Waals surface area contributed by atoms with Crippen LogP contribution >= 0.6 is 0 Å². The molecule has 0 spiro atoms. The molecular formula is C13H21N3. The maximum absolute atomic E-state index is 4.39. The molecule has 0 aromatic carbocycles. The number of aryl methyl sites for hydroxylation is 1. The third-order valence-electron chi connectivity index (χ3n) is 3.38. The second kappa shape index (κ2) is 4.91. The van der Waals surface area contributed by atoms with Crippen LogP contribution < -0.4 is 5.32 Å². The first kappa shape index (κ1) is 11.5. The number of hydrogen-bond donors (Lipinski definition) is 1. The quantitative estimate of drug-likeness (QED) is 0.798. The molecule has 1 heterocycles. The third-order valence-corrected chi connectivity index (χ3v) is 3.38. The van der Waals surface area contributed by atoms with Crippen molar-refractivity contribution in [1.82, 2.24) is 15.3 Å². The number of hydrogen-bond acceptors (Lipinski definition) is 3. The molecule has 0 unspecified atom stereocenters. The first-order valence-electron chi connectivity index (χ1n) is 6.23. The molecule has 16 heavy (non-hydrogen) atoms. The Morgan fingerprint density at radius 2 is 2.25 bits per heavy atom. The fraction of sp³-hybridized carbons (Fsp3) is 0.692. The lowest BCUT2D eigenvalue weighted by Gasteiger charge is -2.14. The number of nitrogens with one attached hydrogen (secondary N) is 1. The molecule has 0 saturated heterocycles. The Hall–Kier alpha value is -0.960. The van der Waals surface area contributed by atoms with E-state index in [1.54, 1.807) is 0 Å². The molecule has 0 aliphatic heterocycles. The van der Waals surface area contributed by atoms with Gasteiger partial charge in [-0.05, 0) is 37.7 Å². The minimum absolute atomic E-state index is 0.622. The summed E-state index contributed by atoms with van der Waals surface area (Å²) in [4.78, 5) is 8.49. The molecule has 1 aliphatic carbocycles. The fourth-order valence-electron chi connectivity index (χ4n) is 2.28. The summed E-state index contributed by atoms with van der Waals surface area (Å²) in [5.74, 6) is 0.856. The lowest BCUT2D eigenvalue weighted by molar-refractivity contribution is 0.419. The number of nitrogens with zero attached hydrogens (tertiary/aromatic N) is 2. The lowest BCUT2D eigenvalue weighted by Crippen LogP contribution is -2.24. The molecule has 1 aromatic rings. The molecule has 1 aromatic heterocycles. The van der Waals surface area contributed by atoms with Crippen LogP contribution in [0.15, 0.2) is 12.3 Å². The average molecular weight is 219 g/mol. The Morgan fingerprint density at radius 3 is 2.88 bits per heavy atom. The molecule has 0 bridgehead atoms. The van der Waals surface area contributed by atoms with Gasteiger partial charge in [0, 0.05) is 19.3 Å². The van der Waals surface area contributed by atoms with Gasteiger partial charge in [0.1, 0.15) is 5.82 Å². The Morgan fingerprint density at radius 1 is 1.44 bits per heavy atom. The molecule has 1 N–H and O–H groups in total. The van der Waals surface area contributed by atoms with E-state index in [9.17, 15) is 0 Å². The highest BCUT2D eigenvalue weighted by Crippen LogP contribution is 2.48. The highest BCUT2D eigenvalue weighted by molar-refractivity contribution is 5.02. The molecule has 0 amide bonds. The van der Waals surface area contributed by atoms with Crippen LogP contribution in [0.25, 0.3) is 0 Å². The van der Waals surface area contributed by atoms with Gasteiger partial charge in [-0.3, -0.25) is 0 Å². The van der Waals surface area contributed by atoms with Crippen molar-refractivity contribution in [3.05, 3.63) is 23.8 Å². The zero-order valence-corrected chi connectivity index (χ0v) is 10.3. The Bertz CT molecular complexity index is 345. The SMILES string of the molecule is CCCC1(CNCc2ccnc(C)n2)CC1. The van der Waals surface area contributed by atoms with Crippen LogP contribution in [-0.4, -0.2) is 16.5 Å². The van der Waals surface area contributed by atoms with Crippen molar-refractivity contribution in [3.8, 4) is 0 Å². The van der Waals surface area contributed by atoms with E-state index in [0.717, 1.165) is 24.6 Å². The third kappa shape index (κ3) is 3.01. The van der Waals surface area contributed by atoms with Crippen LogP contribution in [0.5, 0.6) is 0 Å².